The van der Waals surface area contributed by atoms with E-state index in [0.29, 0.717) is 39.5 Å². The van der Waals surface area contributed by atoms with E-state index in [1.807, 2.05) is 25.1 Å². The van der Waals surface area contributed by atoms with Gasteiger partial charge in [-0.2, -0.15) is 5.10 Å². The van der Waals surface area contributed by atoms with Crippen molar-refractivity contribution in [2.75, 3.05) is 31.9 Å². The zero-order chi connectivity index (χ0) is 28.2. The summed E-state index contributed by atoms with van der Waals surface area (Å²) in [5.74, 6) is -0.259. The number of aromatic nitrogens is 4. The number of anilines is 1. The van der Waals surface area contributed by atoms with Crippen LogP contribution in [-0.4, -0.2) is 62.0 Å². The van der Waals surface area contributed by atoms with Gasteiger partial charge in [0, 0.05) is 49.4 Å². The summed E-state index contributed by atoms with van der Waals surface area (Å²) < 4.78 is 22.0. The first-order valence-electron chi connectivity index (χ1n) is 13.6. The predicted octanol–water partition coefficient (Wildman–Crippen LogP) is 3.70. The first-order valence-corrected chi connectivity index (χ1v) is 13.6. The maximum atomic E-state index is 14.3. The lowest BCUT2D eigenvalue weighted by atomic mass is 9.92. The third kappa shape index (κ3) is 4.25. The van der Waals surface area contributed by atoms with Crippen molar-refractivity contribution >= 4 is 33.2 Å². The summed E-state index contributed by atoms with van der Waals surface area (Å²) in [4.78, 5) is 24.3. The highest BCUT2D eigenvalue weighted by atomic mass is 19.1. The molecule has 0 saturated carbocycles. The summed E-state index contributed by atoms with van der Waals surface area (Å²) in [7, 11) is 0. The molecule has 4 N–H and O–H groups in total. The van der Waals surface area contributed by atoms with E-state index in [2.05, 4.69) is 26.3 Å². The Hall–Kier alpha value is -4.61. The molecule has 2 aliphatic heterocycles. The highest BCUT2D eigenvalue weighted by Crippen LogP contribution is 2.38. The monoisotopic (exact) mass is 553 g/mol. The van der Waals surface area contributed by atoms with Crippen LogP contribution in [0.1, 0.15) is 30.7 Å². The van der Waals surface area contributed by atoms with Crippen LogP contribution in [0.25, 0.3) is 38.6 Å². The second kappa shape index (κ2) is 9.79. The number of halogens is 1. The minimum atomic E-state index is -0.621. The van der Waals surface area contributed by atoms with Gasteiger partial charge in [-0.3, -0.25) is 4.90 Å². The predicted molar refractivity (Wildman–Crippen MR) is 154 cm³/mol. The Morgan fingerprint density at radius 1 is 1.17 bits per heavy atom. The van der Waals surface area contributed by atoms with Crippen molar-refractivity contribution in [2.45, 2.75) is 25.4 Å². The van der Waals surface area contributed by atoms with Crippen LogP contribution >= 0.6 is 0 Å². The van der Waals surface area contributed by atoms with Crippen LogP contribution in [-0.2, 0) is 0 Å². The molecule has 0 radical (unpaired) electrons. The van der Waals surface area contributed by atoms with Crippen LogP contribution in [0.3, 0.4) is 0 Å². The van der Waals surface area contributed by atoms with E-state index in [-0.39, 0.29) is 11.6 Å². The molecule has 1 fully saturated rings. The van der Waals surface area contributed by atoms with Crippen molar-refractivity contribution in [3.63, 3.8) is 0 Å². The number of aromatic hydroxyl groups is 1. The molecule has 0 aliphatic carbocycles. The van der Waals surface area contributed by atoms with Gasteiger partial charge in [-0.05, 0) is 42.5 Å². The number of phenols is 1. The first-order chi connectivity index (χ1) is 19.9. The highest BCUT2D eigenvalue weighted by Gasteiger charge is 2.31. The SMILES string of the molecule is CC(c1oc(=O)c2ccccc2c1C1=CCCN(C2CNC2)C1)n1nc(-c2cc(O)cc(F)c2)c2c(N)ncnc21. The Morgan fingerprint density at radius 3 is 2.73 bits per heavy atom. The van der Waals surface area contributed by atoms with Crippen molar-refractivity contribution in [3.05, 3.63) is 82.4 Å². The maximum Gasteiger partial charge on any atom is 0.343 e. The molecule has 0 spiro atoms. The van der Waals surface area contributed by atoms with Gasteiger partial charge in [0.15, 0.2) is 5.65 Å². The summed E-state index contributed by atoms with van der Waals surface area (Å²) >= 11 is 0. The van der Waals surface area contributed by atoms with E-state index >= 15 is 0 Å². The van der Waals surface area contributed by atoms with Crippen molar-refractivity contribution in [1.29, 1.82) is 0 Å². The number of nitrogens with zero attached hydrogens (tertiary/aromatic N) is 5. The summed E-state index contributed by atoms with van der Waals surface area (Å²) in [5.41, 5.74) is 8.81. The Morgan fingerprint density at radius 2 is 1.98 bits per heavy atom. The fourth-order valence-corrected chi connectivity index (χ4v) is 5.92. The van der Waals surface area contributed by atoms with Crippen LogP contribution < -0.4 is 16.7 Å². The average molecular weight is 554 g/mol. The molecule has 5 heterocycles. The quantitative estimate of drug-likeness (QED) is 0.298. The molecule has 0 amide bonds. The van der Waals surface area contributed by atoms with Crippen molar-refractivity contribution < 1.29 is 13.9 Å². The summed E-state index contributed by atoms with van der Waals surface area (Å²) in [6.07, 6.45) is 4.44. The molecule has 41 heavy (non-hydrogen) atoms. The molecule has 11 heteroatoms. The van der Waals surface area contributed by atoms with Crippen LogP contribution in [0, 0.1) is 5.82 Å². The van der Waals surface area contributed by atoms with E-state index in [1.54, 1.807) is 10.7 Å². The molecule has 5 aromatic rings. The second-order valence-corrected chi connectivity index (χ2v) is 10.6. The van der Waals surface area contributed by atoms with E-state index in [4.69, 9.17) is 15.2 Å². The third-order valence-electron chi connectivity index (χ3n) is 8.06. The highest BCUT2D eigenvalue weighted by molar-refractivity contribution is 5.99. The summed E-state index contributed by atoms with van der Waals surface area (Å²) in [5, 5.41) is 20.0. The van der Waals surface area contributed by atoms with Gasteiger partial charge in [-0.1, -0.05) is 24.3 Å². The Kier molecular flexibility index (Phi) is 6.06. The smallest absolute Gasteiger partial charge is 0.343 e. The first kappa shape index (κ1) is 25.4. The standard InChI is InChI=1S/C30H28FN7O3/c1-16(38-29-25(28(32)34-15-35-29)26(36-38)18-9-19(31)11-21(39)10-18)27-24(22-6-2-3-7-23(22)30(40)41-27)17-5-4-8-37(14-17)20-12-33-13-20/h2-3,5-7,9-11,15-16,20,33,39H,4,8,12-14H2,1H3,(H2,32,34,35). The molecule has 1 unspecified atom stereocenters. The lowest BCUT2D eigenvalue weighted by molar-refractivity contribution is 0.162. The number of benzene rings is 2. The fraction of sp³-hybridized carbons (Fsp3) is 0.267. The van der Waals surface area contributed by atoms with E-state index in [0.717, 1.165) is 55.2 Å². The van der Waals surface area contributed by atoms with Gasteiger partial charge in [0.05, 0.1) is 10.8 Å². The number of fused-ring (bicyclic) bond motifs is 2. The minimum absolute atomic E-state index is 0.159. The van der Waals surface area contributed by atoms with Crippen LogP contribution in [0.15, 0.2) is 64.1 Å². The van der Waals surface area contributed by atoms with Crippen LogP contribution in [0.4, 0.5) is 10.2 Å². The molecule has 2 aromatic carbocycles. The van der Waals surface area contributed by atoms with Gasteiger partial charge in [0.2, 0.25) is 0 Å². The van der Waals surface area contributed by atoms with Crippen molar-refractivity contribution in [2.24, 2.45) is 0 Å². The van der Waals surface area contributed by atoms with E-state index in [1.165, 1.54) is 18.5 Å². The number of hydrogen-bond acceptors (Lipinski definition) is 9. The Bertz CT molecular complexity index is 1890. The molecule has 1 atom stereocenters. The Labute approximate surface area is 233 Å². The topological polar surface area (TPSA) is 135 Å². The zero-order valence-corrected chi connectivity index (χ0v) is 22.3. The summed E-state index contributed by atoms with van der Waals surface area (Å²) in [6, 6.07) is 11.0. The number of hydrogen-bond donors (Lipinski definition) is 3. The fourth-order valence-electron chi connectivity index (χ4n) is 5.92. The van der Waals surface area contributed by atoms with Gasteiger partial charge in [0.1, 0.15) is 41.2 Å². The van der Waals surface area contributed by atoms with Gasteiger partial charge >= 0.3 is 5.63 Å². The van der Waals surface area contributed by atoms with Gasteiger partial charge < -0.3 is 20.6 Å². The molecule has 208 valence electrons. The maximum absolute atomic E-state index is 14.3. The molecule has 10 nitrogen and oxygen atoms in total. The summed E-state index contributed by atoms with van der Waals surface area (Å²) in [6.45, 7) is 5.50. The lowest BCUT2D eigenvalue weighted by Gasteiger charge is -2.40. The molecule has 1 saturated heterocycles. The lowest BCUT2D eigenvalue weighted by Crippen LogP contribution is -2.58. The van der Waals surface area contributed by atoms with E-state index in [9.17, 15) is 14.3 Å². The van der Waals surface area contributed by atoms with Crippen LogP contribution in [0.2, 0.25) is 0 Å². The minimum Gasteiger partial charge on any atom is -0.508 e. The van der Waals surface area contributed by atoms with E-state index < -0.39 is 17.5 Å². The third-order valence-corrected chi connectivity index (χ3v) is 8.06. The average Bonchev–Trinajstić information content (AvgIpc) is 3.32. The normalized spacial score (nSPS) is 17.1. The molecule has 3 aromatic heterocycles. The molecule has 0 bridgehead atoms. The number of rotatable bonds is 5. The van der Waals surface area contributed by atoms with Crippen LogP contribution in [0.5, 0.6) is 5.75 Å². The van der Waals surface area contributed by atoms with Crippen molar-refractivity contribution in [3.8, 4) is 17.0 Å². The van der Waals surface area contributed by atoms with Gasteiger partial charge in [0.25, 0.3) is 0 Å². The number of nitrogen functional groups attached to an aromatic ring is 1. The van der Waals surface area contributed by atoms with Gasteiger partial charge in [-0.15, -0.1) is 0 Å². The van der Waals surface area contributed by atoms with Crippen molar-refractivity contribution in [1.82, 2.24) is 30.0 Å². The molecule has 2 aliphatic rings. The number of nitrogens with one attached hydrogen (secondary N) is 1. The zero-order valence-electron chi connectivity index (χ0n) is 22.3. The number of nitrogens with two attached hydrogens (primary N) is 1. The van der Waals surface area contributed by atoms with Gasteiger partial charge in [-0.25, -0.2) is 23.8 Å². The molecular weight excluding hydrogens is 525 g/mol. The Balaban J connectivity index is 1.44. The second-order valence-electron chi connectivity index (χ2n) is 10.6. The molecular formula is C30H28FN7O3. The largest absolute Gasteiger partial charge is 0.508 e. The number of phenolic OH excluding ortho intramolecular Hbond substituents is 1. The molecule has 7 rings (SSSR count).